The van der Waals surface area contributed by atoms with Gasteiger partial charge in [0.15, 0.2) is 0 Å². The van der Waals surface area contributed by atoms with E-state index in [1.54, 1.807) is 23.1 Å². The summed E-state index contributed by atoms with van der Waals surface area (Å²) < 4.78 is 46.5. The number of carbonyl (C=O) groups excluding carboxylic acids is 3. The number of ether oxygens (including phenoxy) is 1. The van der Waals surface area contributed by atoms with Crippen molar-refractivity contribution in [1.82, 2.24) is 20.6 Å². The summed E-state index contributed by atoms with van der Waals surface area (Å²) >= 11 is 0. The quantitative estimate of drug-likeness (QED) is 0.173. The summed E-state index contributed by atoms with van der Waals surface area (Å²) in [5.41, 5.74) is 7.22. The number of nitrogens with two attached hydrogens (primary N) is 1. The topological polar surface area (TPSA) is 167 Å². The number of halogens is 3. The van der Waals surface area contributed by atoms with Crippen LogP contribution in [0.3, 0.4) is 0 Å². The van der Waals surface area contributed by atoms with Crippen molar-refractivity contribution >= 4 is 29.4 Å². The van der Waals surface area contributed by atoms with E-state index in [1.165, 1.54) is 7.11 Å². The second-order valence-corrected chi connectivity index (χ2v) is 12.9. The third-order valence-electron chi connectivity index (χ3n) is 9.32. The number of amides is 2. The molecule has 4 N–H and O–H groups in total. The number of carbonyl (C=O) groups is 3. The van der Waals surface area contributed by atoms with E-state index >= 15 is 0 Å². The van der Waals surface area contributed by atoms with E-state index in [0.29, 0.717) is 95.6 Å². The summed E-state index contributed by atoms with van der Waals surface area (Å²) in [6.07, 6.45) is 2.32. The molecule has 0 spiro atoms. The fourth-order valence-electron chi connectivity index (χ4n) is 6.44. The second-order valence-electron chi connectivity index (χ2n) is 12.9. The van der Waals surface area contributed by atoms with Gasteiger partial charge < -0.3 is 30.9 Å². The van der Waals surface area contributed by atoms with E-state index in [2.05, 4.69) is 31.4 Å². The molecule has 4 rings (SSSR count). The van der Waals surface area contributed by atoms with Crippen LogP contribution in [-0.2, 0) is 31.7 Å². The highest BCUT2D eigenvalue weighted by molar-refractivity contribution is 5.85. The number of anilines is 2. The monoisotopic (exact) mass is 700 g/mol. The summed E-state index contributed by atoms with van der Waals surface area (Å²) in [5.74, 6) is -1.34. The number of alkyl halides is 3. The molecule has 0 aliphatic carbocycles. The van der Waals surface area contributed by atoms with Gasteiger partial charge in [0.2, 0.25) is 17.6 Å². The van der Waals surface area contributed by atoms with Crippen LogP contribution in [0.4, 0.5) is 24.8 Å². The molecule has 2 aliphatic heterocycles. The minimum absolute atomic E-state index is 0.0342. The number of piperidine rings is 1. The van der Waals surface area contributed by atoms with Crippen molar-refractivity contribution in [2.24, 2.45) is 11.7 Å². The Morgan fingerprint density at radius 1 is 1.02 bits per heavy atom. The van der Waals surface area contributed by atoms with Crippen molar-refractivity contribution < 1.29 is 32.3 Å². The van der Waals surface area contributed by atoms with Gasteiger partial charge >= 0.3 is 12.1 Å². The molecular formula is C35H47F3N8O4. The zero-order chi connectivity index (χ0) is 36.1. The van der Waals surface area contributed by atoms with E-state index in [9.17, 15) is 27.6 Å². The van der Waals surface area contributed by atoms with Gasteiger partial charge in [0.05, 0.1) is 18.7 Å². The second kappa shape index (κ2) is 18.5. The predicted octanol–water partition coefficient (Wildman–Crippen LogP) is 3.87. The van der Waals surface area contributed by atoms with Gasteiger partial charge in [-0.2, -0.15) is 18.4 Å². The zero-order valence-corrected chi connectivity index (χ0v) is 28.5. The Morgan fingerprint density at radius 2 is 1.74 bits per heavy atom. The van der Waals surface area contributed by atoms with Crippen LogP contribution in [0.2, 0.25) is 0 Å². The van der Waals surface area contributed by atoms with Gasteiger partial charge in [-0.3, -0.25) is 14.4 Å². The Labute approximate surface area is 290 Å². The van der Waals surface area contributed by atoms with Gasteiger partial charge in [0.25, 0.3) is 0 Å². The number of hydrogen-bond donors (Lipinski definition) is 3. The first kappa shape index (κ1) is 38.4. The molecule has 12 nitrogen and oxygen atoms in total. The van der Waals surface area contributed by atoms with Gasteiger partial charge in [-0.25, -0.2) is 9.97 Å². The number of rotatable bonds is 16. The number of nitriles is 1. The minimum Gasteiger partial charge on any atom is -0.468 e. The van der Waals surface area contributed by atoms with Gasteiger partial charge in [-0.1, -0.05) is 12.1 Å². The highest BCUT2D eigenvalue weighted by Gasteiger charge is 2.39. The molecule has 1 aromatic carbocycles. The number of benzene rings is 1. The van der Waals surface area contributed by atoms with Crippen LogP contribution >= 0.6 is 0 Å². The molecule has 50 heavy (non-hydrogen) atoms. The van der Waals surface area contributed by atoms with Crippen LogP contribution in [0.25, 0.3) is 0 Å². The smallest absolute Gasteiger partial charge is 0.451 e. The third-order valence-corrected chi connectivity index (χ3v) is 9.32. The highest BCUT2D eigenvalue weighted by Crippen LogP contribution is 2.34. The summed E-state index contributed by atoms with van der Waals surface area (Å²) in [5, 5.41) is 14.8. The Hall–Kier alpha value is -4.45. The van der Waals surface area contributed by atoms with Crippen LogP contribution in [0.15, 0.2) is 30.3 Å². The van der Waals surface area contributed by atoms with Crippen molar-refractivity contribution in [1.29, 1.82) is 5.26 Å². The number of nitrogens with one attached hydrogen (secondary N) is 2. The van der Waals surface area contributed by atoms with Gasteiger partial charge in [-0.15, -0.1) is 0 Å². The van der Waals surface area contributed by atoms with Crippen molar-refractivity contribution in [3.63, 3.8) is 0 Å². The fourth-order valence-corrected chi connectivity index (χ4v) is 6.44. The molecule has 3 heterocycles. The lowest BCUT2D eigenvalue weighted by molar-refractivity contribution is -0.145. The van der Waals surface area contributed by atoms with Crippen LogP contribution < -0.4 is 26.2 Å². The van der Waals surface area contributed by atoms with E-state index in [4.69, 9.17) is 11.0 Å². The number of hydrogen-bond acceptors (Lipinski definition) is 10. The molecule has 2 aliphatic rings. The molecule has 272 valence electrons. The molecular weight excluding hydrogens is 653 g/mol. The summed E-state index contributed by atoms with van der Waals surface area (Å²) in [4.78, 5) is 48.0. The standard InChI is InChI=1S/C35H47F3N8O4/c1-50-33(49)27(40)7-2-3-17-41-31(47)9-4-6-24-15-20-45(21-16-24)29-22-30(44-34(43-29)35(36,37)38)46-19-5-8-28(46)32(48)42-18-14-25-10-12-26(23-39)13-11-25/h10-13,22,24,27-28H,2-9,14-21,40H2,1H3,(H,41,47)(H,42,48)/t27?,28-/m0/s1. The molecule has 0 saturated carbocycles. The van der Waals surface area contributed by atoms with Crippen molar-refractivity contribution in [2.75, 3.05) is 49.6 Å². The first-order chi connectivity index (χ1) is 24.0. The molecule has 2 saturated heterocycles. The van der Waals surface area contributed by atoms with E-state index in [1.807, 2.05) is 17.0 Å². The average molecular weight is 701 g/mol. The number of nitrogens with zero attached hydrogens (tertiary/aromatic N) is 5. The van der Waals surface area contributed by atoms with E-state index in [0.717, 1.165) is 24.8 Å². The summed E-state index contributed by atoms with van der Waals surface area (Å²) in [6, 6.07) is 9.41. The molecule has 1 unspecified atom stereocenters. The number of esters is 1. The third kappa shape index (κ3) is 11.3. The van der Waals surface area contributed by atoms with Crippen molar-refractivity contribution in [3.05, 3.63) is 47.3 Å². The van der Waals surface area contributed by atoms with Crippen LogP contribution in [-0.4, -0.2) is 79.7 Å². The number of unbranched alkanes of at least 4 members (excludes halogenated alkanes) is 1. The zero-order valence-electron chi connectivity index (χ0n) is 28.5. The Kier molecular flexibility index (Phi) is 14.2. The first-order valence-corrected chi connectivity index (χ1v) is 17.3. The summed E-state index contributed by atoms with van der Waals surface area (Å²) in [6.45, 7) is 2.32. The van der Waals surface area contributed by atoms with Gasteiger partial charge in [0, 0.05) is 45.2 Å². The molecule has 0 bridgehead atoms. The molecule has 15 heteroatoms. The lowest BCUT2D eigenvalue weighted by Gasteiger charge is -2.34. The lowest BCUT2D eigenvalue weighted by Crippen LogP contribution is -2.44. The first-order valence-electron chi connectivity index (χ1n) is 17.3. The molecule has 2 aromatic rings. The molecule has 2 fully saturated rings. The van der Waals surface area contributed by atoms with Crippen molar-refractivity contribution in [3.8, 4) is 6.07 Å². The van der Waals surface area contributed by atoms with Crippen LogP contribution in [0.1, 0.15) is 81.2 Å². The Morgan fingerprint density at radius 3 is 2.42 bits per heavy atom. The predicted molar refractivity (Wildman–Crippen MR) is 181 cm³/mol. The van der Waals surface area contributed by atoms with Crippen LogP contribution in [0, 0.1) is 17.2 Å². The summed E-state index contributed by atoms with van der Waals surface area (Å²) in [7, 11) is 1.30. The number of aromatic nitrogens is 2. The maximum atomic E-state index is 14.0. The fraction of sp³-hybridized carbons (Fsp3) is 0.600. The Bertz CT molecular complexity index is 1480. The Balaban J connectivity index is 1.25. The molecule has 2 atom stereocenters. The number of methoxy groups -OCH3 is 1. The normalized spacial score (nSPS) is 17.2. The maximum Gasteiger partial charge on any atom is 0.451 e. The SMILES string of the molecule is COC(=O)C(N)CCCCNC(=O)CCCC1CCN(c2cc(N3CCC[C@H]3C(=O)NCCc3ccc(C#N)cc3)nc(C(F)(F)F)n2)CC1. The maximum absolute atomic E-state index is 14.0. The molecule has 2 amide bonds. The van der Waals surface area contributed by atoms with E-state index < -0.39 is 30.1 Å². The largest absolute Gasteiger partial charge is 0.468 e. The van der Waals surface area contributed by atoms with Gasteiger partial charge in [-0.05, 0) is 87.8 Å². The average Bonchev–Trinajstić information content (AvgIpc) is 3.61. The highest BCUT2D eigenvalue weighted by atomic mass is 19.4. The van der Waals surface area contributed by atoms with Gasteiger partial charge in [0.1, 0.15) is 23.7 Å². The van der Waals surface area contributed by atoms with Crippen LogP contribution in [0.5, 0.6) is 0 Å². The van der Waals surface area contributed by atoms with E-state index in [-0.39, 0.29) is 23.5 Å². The molecule has 0 radical (unpaired) electrons. The minimum atomic E-state index is -4.75. The lowest BCUT2D eigenvalue weighted by atomic mass is 9.91. The van der Waals surface area contributed by atoms with Crippen molar-refractivity contribution in [2.45, 2.75) is 88.9 Å². The molecule has 1 aromatic heterocycles.